The molecule has 0 bridgehead atoms. The van der Waals surface area contributed by atoms with Gasteiger partial charge in [-0.3, -0.25) is 10.1 Å². The van der Waals surface area contributed by atoms with Crippen molar-refractivity contribution >= 4 is 17.9 Å². The number of aliphatic imine (C=N–C) groups is 1. The van der Waals surface area contributed by atoms with E-state index in [4.69, 9.17) is 10.5 Å². The highest BCUT2D eigenvalue weighted by atomic mass is 19.1. The number of methoxy groups -OCH3 is 1. The minimum Gasteiger partial charge on any atom is -0.495 e. The van der Waals surface area contributed by atoms with E-state index in [1.54, 1.807) is 19.5 Å². The topological polar surface area (TPSA) is 94.5 Å². The fourth-order valence-corrected chi connectivity index (χ4v) is 3.04. The lowest BCUT2D eigenvalue weighted by molar-refractivity contribution is -0.115. The van der Waals surface area contributed by atoms with Gasteiger partial charge in [-0.05, 0) is 54.3 Å². The van der Waals surface area contributed by atoms with E-state index in [1.807, 2.05) is 48.0 Å². The lowest BCUT2D eigenvalue weighted by Crippen LogP contribution is -2.30. The van der Waals surface area contributed by atoms with Gasteiger partial charge in [-0.2, -0.15) is 0 Å². The summed E-state index contributed by atoms with van der Waals surface area (Å²) in [5, 5.41) is 2.43. The molecule has 3 aromatic rings. The second-order valence-corrected chi connectivity index (χ2v) is 7.54. The molecule has 2 aromatic carbocycles. The number of nitrogens with one attached hydrogen (secondary N) is 1. The Morgan fingerprint density at radius 1 is 1.19 bits per heavy atom. The van der Waals surface area contributed by atoms with Crippen molar-refractivity contribution in [1.82, 2.24) is 14.9 Å². The summed E-state index contributed by atoms with van der Waals surface area (Å²) in [7, 11) is 1.60. The number of rotatable bonds is 4. The van der Waals surface area contributed by atoms with E-state index < -0.39 is 0 Å². The van der Waals surface area contributed by atoms with Crippen LogP contribution in [0.4, 0.5) is 4.39 Å². The van der Waals surface area contributed by atoms with Crippen molar-refractivity contribution in [1.29, 1.82) is 0 Å². The van der Waals surface area contributed by atoms with E-state index in [1.165, 1.54) is 17.7 Å². The third-order valence-electron chi connectivity index (χ3n) is 4.75. The van der Waals surface area contributed by atoms with Crippen LogP contribution in [-0.4, -0.2) is 28.5 Å². The molecule has 1 aliphatic rings. The Bertz CT molecular complexity index is 1160. The number of halogens is 1. The number of nitrogens with two attached hydrogens (primary N) is 1. The number of carbonyl (C=O) groups is 1. The van der Waals surface area contributed by atoms with Gasteiger partial charge in [0, 0.05) is 6.20 Å². The number of carbonyl (C=O) groups excluding carboxylic acids is 1. The van der Waals surface area contributed by atoms with Crippen LogP contribution in [-0.2, 0) is 4.79 Å². The molecular formula is C24H26FN5O2. The molecule has 1 aromatic heterocycles. The van der Waals surface area contributed by atoms with E-state index in [-0.39, 0.29) is 23.4 Å². The fourth-order valence-electron chi connectivity index (χ4n) is 3.04. The molecule has 2 heterocycles. The van der Waals surface area contributed by atoms with Gasteiger partial charge in [-0.1, -0.05) is 32.0 Å². The monoisotopic (exact) mass is 435 g/mol. The van der Waals surface area contributed by atoms with Crippen LogP contribution in [0.25, 0.3) is 11.8 Å². The van der Waals surface area contributed by atoms with Crippen molar-refractivity contribution in [3.8, 4) is 11.4 Å². The standard InChI is InChI=1S/C15H15N5O2.C9H11F/c1-9-7-20(8-17-9)12-4-3-10(6-13(12)22-2)5-11-14(21)19-15(16)18-11;1-7(2)8-3-5-9(10)6-4-8/h3-8H,1-2H3,(H3,16,18,19,21);3-7H,1-2H3/b11-5-;. The van der Waals surface area contributed by atoms with E-state index in [9.17, 15) is 9.18 Å². The van der Waals surface area contributed by atoms with Crippen LogP contribution in [0.3, 0.4) is 0 Å². The van der Waals surface area contributed by atoms with Gasteiger partial charge in [0.1, 0.15) is 17.3 Å². The van der Waals surface area contributed by atoms with Gasteiger partial charge in [0.2, 0.25) is 5.96 Å². The summed E-state index contributed by atoms with van der Waals surface area (Å²) >= 11 is 0. The third kappa shape index (κ3) is 5.60. The molecule has 3 N–H and O–H groups in total. The van der Waals surface area contributed by atoms with Gasteiger partial charge in [0.25, 0.3) is 5.91 Å². The molecule has 1 aliphatic heterocycles. The summed E-state index contributed by atoms with van der Waals surface area (Å²) in [6.45, 7) is 6.10. The highest BCUT2D eigenvalue weighted by Crippen LogP contribution is 2.26. The first-order valence-electron chi connectivity index (χ1n) is 10.1. The summed E-state index contributed by atoms with van der Waals surface area (Å²) in [4.78, 5) is 19.8. The lowest BCUT2D eigenvalue weighted by Gasteiger charge is -2.10. The summed E-state index contributed by atoms with van der Waals surface area (Å²) in [5.74, 6) is 0.784. The average molecular weight is 436 g/mol. The van der Waals surface area contributed by atoms with Crippen LogP contribution in [0.15, 0.2) is 65.7 Å². The Morgan fingerprint density at radius 3 is 2.44 bits per heavy atom. The number of hydrogen-bond acceptors (Lipinski definition) is 5. The highest BCUT2D eigenvalue weighted by molar-refractivity contribution is 6.13. The first-order chi connectivity index (χ1) is 15.3. The molecule has 4 rings (SSSR count). The van der Waals surface area contributed by atoms with Crippen LogP contribution >= 0.6 is 0 Å². The zero-order chi connectivity index (χ0) is 23.3. The van der Waals surface area contributed by atoms with Crippen LogP contribution in [0.1, 0.15) is 36.6 Å². The van der Waals surface area contributed by atoms with E-state index in [0.29, 0.717) is 11.7 Å². The Kier molecular flexibility index (Phi) is 7.04. The molecule has 0 spiro atoms. The number of amides is 1. The molecule has 0 unspecified atom stereocenters. The molecule has 8 heteroatoms. The second-order valence-electron chi connectivity index (χ2n) is 7.54. The number of guanidine groups is 1. The summed E-state index contributed by atoms with van der Waals surface area (Å²) in [6.07, 6.45) is 5.28. The predicted octanol–water partition coefficient (Wildman–Crippen LogP) is 3.92. The van der Waals surface area contributed by atoms with Crippen LogP contribution in [0.5, 0.6) is 5.75 Å². The second kappa shape index (κ2) is 9.91. The summed E-state index contributed by atoms with van der Waals surface area (Å²) in [6, 6.07) is 12.2. The smallest absolute Gasteiger partial charge is 0.276 e. The molecule has 0 aliphatic carbocycles. The quantitative estimate of drug-likeness (QED) is 0.607. The predicted molar refractivity (Wildman–Crippen MR) is 123 cm³/mol. The van der Waals surface area contributed by atoms with Gasteiger partial charge in [-0.25, -0.2) is 14.4 Å². The van der Waals surface area contributed by atoms with Gasteiger partial charge in [0.15, 0.2) is 0 Å². The van der Waals surface area contributed by atoms with Crippen molar-refractivity contribution in [3.05, 3.63) is 83.3 Å². The number of nitrogens with zero attached hydrogens (tertiary/aromatic N) is 3. The van der Waals surface area contributed by atoms with E-state index in [0.717, 1.165) is 16.9 Å². The first kappa shape index (κ1) is 22.7. The number of imidazole rings is 1. The number of ether oxygens (including phenoxy) is 1. The maximum absolute atomic E-state index is 12.4. The number of hydrogen-bond donors (Lipinski definition) is 2. The molecule has 0 saturated carbocycles. The van der Waals surface area contributed by atoms with Crippen LogP contribution < -0.4 is 15.8 Å². The first-order valence-corrected chi connectivity index (χ1v) is 10.1. The van der Waals surface area contributed by atoms with Crippen molar-refractivity contribution in [2.45, 2.75) is 26.7 Å². The van der Waals surface area contributed by atoms with Crippen molar-refractivity contribution in [3.63, 3.8) is 0 Å². The van der Waals surface area contributed by atoms with Gasteiger partial charge < -0.3 is 15.0 Å². The Labute approximate surface area is 186 Å². The largest absolute Gasteiger partial charge is 0.495 e. The lowest BCUT2D eigenvalue weighted by atomic mass is 10.0. The average Bonchev–Trinajstić information content (AvgIpc) is 3.33. The van der Waals surface area contributed by atoms with E-state index >= 15 is 0 Å². The molecule has 0 saturated heterocycles. The Hall–Kier alpha value is -3.94. The zero-order valence-corrected chi connectivity index (χ0v) is 18.5. The van der Waals surface area contributed by atoms with Crippen molar-refractivity contribution in [2.24, 2.45) is 10.7 Å². The summed E-state index contributed by atoms with van der Waals surface area (Å²) < 4.78 is 19.7. The van der Waals surface area contributed by atoms with Gasteiger partial charge in [0.05, 0.1) is 24.8 Å². The van der Waals surface area contributed by atoms with Crippen molar-refractivity contribution < 1.29 is 13.9 Å². The normalized spacial score (nSPS) is 14.1. The fraction of sp³-hybridized carbons (Fsp3) is 0.208. The maximum atomic E-state index is 12.4. The molecule has 0 atom stereocenters. The number of aromatic nitrogens is 2. The minimum atomic E-state index is -0.314. The van der Waals surface area contributed by atoms with Crippen molar-refractivity contribution in [2.75, 3.05) is 7.11 Å². The third-order valence-corrected chi connectivity index (χ3v) is 4.75. The minimum absolute atomic E-state index is 0.105. The Balaban J connectivity index is 0.000000243. The number of benzene rings is 2. The Morgan fingerprint density at radius 2 is 1.91 bits per heavy atom. The van der Waals surface area contributed by atoms with Crippen LogP contribution in [0, 0.1) is 12.7 Å². The molecule has 0 fully saturated rings. The summed E-state index contributed by atoms with van der Waals surface area (Å²) in [5.41, 5.74) is 9.50. The molecular weight excluding hydrogens is 409 g/mol. The highest BCUT2D eigenvalue weighted by Gasteiger charge is 2.17. The molecule has 32 heavy (non-hydrogen) atoms. The van der Waals surface area contributed by atoms with Gasteiger partial charge >= 0.3 is 0 Å². The SMILES string of the molecule is CC(C)c1ccc(F)cc1.COc1cc(/C=C2\N=C(N)NC2=O)ccc1-n1cnc(C)c1. The molecule has 1 amide bonds. The van der Waals surface area contributed by atoms with E-state index in [2.05, 4.69) is 29.1 Å². The molecule has 0 radical (unpaired) electrons. The number of aryl methyl sites for hydroxylation is 1. The molecule has 166 valence electrons. The van der Waals surface area contributed by atoms with Crippen LogP contribution in [0.2, 0.25) is 0 Å². The van der Waals surface area contributed by atoms with Gasteiger partial charge in [-0.15, -0.1) is 0 Å². The maximum Gasteiger partial charge on any atom is 0.276 e. The zero-order valence-electron chi connectivity index (χ0n) is 18.5. The molecule has 7 nitrogen and oxygen atoms in total.